The second-order valence-electron chi connectivity index (χ2n) is 4.85. The van der Waals surface area contributed by atoms with Crippen LogP contribution in [0.15, 0.2) is 46.2 Å². The van der Waals surface area contributed by atoms with Gasteiger partial charge in [0.2, 0.25) is 5.91 Å². The van der Waals surface area contributed by atoms with E-state index in [4.69, 9.17) is 10.5 Å². The van der Waals surface area contributed by atoms with Crippen molar-refractivity contribution in [2.45, 2.75) is 22.6 Å². The lowest BCUT2D eigenvalue weighted by Crippen LogP contribution is -2.19. The van der Waals surface area contributed by atoms with Gasteiger partial charge in [-0.05, 0) is 36.2 Å². The molecule has 0 radical (unpaired) electrons. The van der Waals surface area contributed by atoms with Crippen LogP contribution in [-0.4, -0.2) is 13.0 Å². The number of amides is 1. The van der Waals surface area contributed by atoms with Crippen molar-refractivity contribution in [1.82, 2.24) is 0 Å². The molecule has 3 N–H and O–H groups in total. The molecule has 21 heavy (non-hydrogen) atoms. The van der Waals surface area contributed by atoms with E-state index in [-0.39, 0.29) is 5.91 Å². The van der Waals surface area contributed by atoms with Crippen LogP contribution in [0.25, 0.3) is 0 Å². The Morgan fingerprint density at radius 3 is 2.81 bits per heavy atom. The van der Waals surface area contributed by atoms with Gasteiger partial charge in [0.15, 0.2) is 0 Å². The Balaban J connectivity index is 1.94. The zero-order valence-electron chi connectivity index (χ0n) is 11.7. The molecule has 3 rings (SSSR count). The summed E-state index contributed by atoms with van der Waals surface area (Å²) in [6.45, 7) is 0. The topological polar surface area (TPSA) is 64.3 Å². The summed E-state index contributed by atoms with van der Waals surface area (Å²) in [7, 11) is 1.66. The summed E-state index contributed by atoms with van der Waals surface area (Å²) < 4.78 is 5.37. The Hall–Kier alpha value is -2.14. The van der Waals surface area contributed by atoms with E-state index in [0.29, 0.717) is 12.1 Å². The summed E-state index contributed by atoms with van der Waals surface area (Å²) in [4.78, 5) is 13.4. The molecular weight excluding hydrogens is 284 g/mol. The predicted molar refractivity (Wildman–Crippen MR) is 84.9 cm³/mol. The van der Waals surface area contributed by atoms with Crippen LogP contribution >= 0.6 is 11.8 Å². The van der Waals surface area contributed by atoms with Crippen LogP contribution < -0.4 is 15.8 Å². The van der Waals surface area contributed by atoms with E-state index >= 15 is 0 Å². The highest BCUT2D eigenvalue weighted by molar-refractivity contribution is 7.99. The molecule has 1 heterocycles. The van der Waals surface area contributed by atoms with Crippen LogP contribution in [0, 0.1) is 0 Å². The molecule has 0 unspecified atom stereocenters. The first-order chi connectivity index (χ1) is 10.2. The van der Waals surface area contributed by atoms with Gasteiger partial charge in [0, 0.05) is 22.7 Å². The second kappa shape index (κ2) is 5.69. The fourth-order valence-corrected chi connectivity index (χ4v) is 3.35. The van der Waals surface area contributed by atoms with Gasteiger partial charge in [0.05, 0.1) is 12.0 Å². The molecule has 4 nitrogen and oxygen atoms in total. The second-order valence-corrected chi connectivity index (χ2v) is 5.93. The van der Waals surface area contributed by atoms with E-state index in [1.807, 2.05) is 30.3 Å². The highest BCUT2D eigenvalue weighted by atomic mass is 32.2. The molecule has 0 saturated heterocycles. The van der Waals surface area contributed by atoms with Gasteiger partial charge >= 0.3 is 0 Å². The van der Waals surface area contributed by atoms with Crippen LogP contribution in [-0.2, 0) is 11.2 Å². The average molecular weight is 300 g/mol. The fraction of sp³-hybridized carbons (Fsp3) is 0.188. The number of fused-ring (bicyclic) bond motifs is 1. The predicted octanol–water partition coefficient (Wildman–Crippen LogP) is 3.31. The Morgan fingerprint density at radius 2 is 2.00 bits per heavy atom. The highest BCUT2D eigenvalue weighted by Crippen LogP contribution is 2.40. The Morgan fingerprint density at radius 1 is 1.19 bits per heavy atom. The normalized spacial score (nSPS) is 13.5. The smallest absolute Gasteiger partial charge is 0.224 e. The summed E-state index contributed by atoms with van der Waals surface area (Å²) in [6, 6.07) is 11.7. The van der Waals surface area contributed by atoms with Crippen LogP contribution in [0.5, 0.6) is 5.75 Å². The minimum Gasteiger partial charge on any atom is -0.496 e. The first kappa shape index (κ1) is 13.8. The van der Waals surface area contributed by atoms with E-state index in [1.54, 1.807) is 18.9 Å². The first-order valence-corrected chi connectivity index (χ1v) is 7.52. The maximum absolute atomic E-state index is 11.4. The van der Waals surface area contributed by atoms with E-state index in [1.165, 1.54) is 0 Å². The third kappa shape index (κ3) is 2.83. The average Bonchev–Trinajstić information content (AvgIpc) is 2.49. The summed E-state index contributed by atoms with van der Waals surface area (Å²) in [5.74, 6) is 0.875. The van der Waals surface area contributed by atoms with Gasteiger partial charge in [-0.3, -0.25) is 4.79 Å². The van der Waals surface area contributed by atoms with E-state index in [0.717, 1.165) is 33.2 Å². The Labute approximate surface area is 127 Å². The van der Waals surface area contributed by atoms with Gasteiger partial charge in [0.25, 0.3) is 0 Å². The summed E-state index contributed by atoms with van der Waals surface area (Å²) >= 11 is 1.58. The van der Waals surface area contributed by atoms with E-state index in [2.05, 4.69) is 11.4 Å². The quantitative estimate of drug-likeness (QED) is 0.854. The summed E-state index contributed by atoms with van der Waals surface area (Å²) in [5, 5.41) is 2.86. The number of nitrogen functional groups attached to an aromatic ring is 1. The number of carbonyl (C=O) groups is 1. The van der Waals surface area contributed by atoms with Crippen molar-refractivity contribution < 1.29 is 9.53 Å². The molecule has 0 atom stereocenters. The number of benzene rings is 2. The number of rotatable bonds is 3. The zero-order valence-corrected chi connectivity index (χ0v) is 12.5. The maximum Gasteiger partial charge on any atom is 0.224 e. The van der Waals surface area contributed by atoms with Crippen molar-refractivity contribution in [2.75, 3.05) is 18.2 Å². The molecule has 1 aliphatic heterocycles. The molecule has 2 aromatic rings. The molecule has 5 heteroatoms. The lowest BCUT2D eigenvalue weighted by Gasteiger charge is -2.19. The van der Waals surface area contributed by atoms with Crippen LogP contribution in [0.1, 0.15) is 12.0 Å². The lowest BCUT2D eigenvalue weighted by molar-refractivity contribution is -0.116. The molecule has 0 aromatic heterocycles. The lowest BCUT2D eigenvalue weighted by atomic mass is 10.0. The fourth-order valence-electron chi connectivity index (χ4n) is 2.33. The van der Waals surface area contributed by atoms with Gasteiger partial charge < -0.3 is 15.8 Å². The van der Waals surface area contributed by atoms with Gasteiger partial charge in [-0.15, -0.1) is 0 Å². The summed E-state index contributed by atoms with van der Waals surface area (Å²) in [5.41, 5.74) is 8.73. The molecule has 0 fully saturated rings. The number of anilines is 2. The van der Waals surface area contributed by atoms with E-state index < -0.39 is 0 Å². The van der Waals surface area contributed by atoms with Crippen molar-refractivity contribution >= 4 is 29.0 Å². The van der Waals surface area contributed by atoms with E-state index in [9.17, 15) is 4.79 Å². The standard InChI is InChI=1S/C16H16N2O2S/c1-20-13-4-2-3-5-14(13)21-15-8-10-6-7-16(19)18-12(10)9-11(15)17/h2-5,8-9H,6-7,17H2,1H3,(H,18,19). The molecule has 1 amide bonds. The number of aryl methyl sites for hydroxylation is 1. The minimum atomic E-state index is 0.0482. The van der Waals surface area contributed by atoms with Crippen molar-refractivity contribution in [3.05, 3.63) is 42.0 Å². The van der Waals surface area contributed by atoms with Crippen molar-refractivity contribution in [1.29, 1.82) is 0 Å². The third-order valence-electron chi connectivity index (χ3n) is 3.42. The van der Waals surface area contributed by atoms with Gasteiger partial charge in [-0.1, -0.05) is 23.9 Å². The highest BCUT2D eigenvalue weighted by Gasteiger charge is 2.17. The molecule has 2 aromatic carbocycles. The molecular formula is C16H16N2O2S. The molecule has 0 spiro atoms. The summed E-state index contributed by atoms with van der Waals surface area (Å²) in [6.07, 6.45) is 1.27. The number of nitrogens with one attached hydrogen (secondary N) is 1. The largest absolute Gasteiger partial charge is 0.496 e. The number of ether oxygens (including phenoxy) is 1. The van der Waals surface area contributed by atoms with Crippen LogP contribution in [0.4, 0.5) is 11.4 Å². The first-order valence-electron chi connectivity index (χ1n) is 6.70. The monoisotopic (exact) mass is 300 g/mol. The number of hydrogen-bond acceptors (Lipinski definition) is 4. The van der Waals surface area contributed by atoms with Crippen LogP contribution in [0.3, 0.4) is 0 Å². The molecule has 108 valence electrons. The van der Waals surface area contributed by atoms with Gasteiger partial charge in [-0.25, -0.2) is 0 Å². The van der Waals surface area contributed by atoms with Gasteiger partial charge in [0.1, 0.15) is 5.75 Å². The number of methoxy groups -OCH3 is 1. The number of nitrogens with two attached hydrogens (primary N) is 1. The number of carbonyl (C=O) groups excluding carboxylic acids is 1. The Bertz CT molecular complexity index is 701. The number of para-hydroxylation sites is 1. The van der Waals surface area contributed by atoms with Crippen molar-refractivity contribution in [2.24, 2.45) is 0 Å². The number of hydrogen-bond donors (Lipinski definition) is 2. The van der Waals surface area contributed by atoms with Crippen LogP contribution in [0.2, 0.25) is 0 Å². The maximum atomic E-state index is 11.4. The van der Waals surface area contributed by atoms with Crippen molar-refractivity contribution in [3.63, 3.8) is 0 Å². The molecule has 0 saturated carbocycles. The third-order valence-corrected chi connectivity index (χ3v) is 4.55. The minimum absolute atomic E-state index is 0.0482. The van der Waals surface area contributed by atoms with Gasteiger partial charge in [-0.2, -0.15) is 0 Å². The molecule has 1 aliphatic rings. The van der Waals surface area contributed by atoms with Crippen molar-refractivity contribution in [3.8, 4) is 5.75 Å². The molecule has 0 aliphatic carbocycles. The zero-order chi connectivity index (χ0) is 14.8. The SMILES string of the molecule is COc1ccccc1Sc1cc2c(cc1N)NC(=O)CC2. The Kier molecular flexibility index (Phi) is 3.75. The molecule has 0 bridgehead atoms.